The Bertz CT molecular complexity index is 1160. The SMILES string of the molecule is Cn1cc(C(F)(F)F)nc1C(=O)NC1CCCc2nn(-c3ccnc(C(F)(F)F)c3)cc21. The molecule has 1 aliphatic rings. The Morgan fingerprint density at radius 3 is 2.50 bits per heavy atom. The van der Waals surface area contributed by atoms with Gasteiger partial charge in [-0.25, -0.2) is 9.67 Å². The van der Waals surface area contributed by atoms with Crippen molar-refractivity contribution in [2.24, 2.45) is 7.05 Å². The first-order chi connectivity index (χ1) is 14.9. The van der Waals surface area contributed by atoms with E-state index in [4.69, 9.17) is 0 Å². The lowest BCUT2D eigenvalue weighted by Crippen LogP contribution is -2.32. The number of nitrogens with zero attached hydrogens (tertiary/aromatic N) is 5. The Hall–Kier alpha value is -3.38. The van der Waals surface area contributed by atoms with E-state index in [2.05, 4.69) is 20.4 Å². The van der Waals surface area contributed by atoms with Crippen LogP contribution in [0.1, 0.15) is 52.1 Å². The minimum Gasteiger partial charge on any atom is -0.342 e. The number of nitrogens with one attached hydrogen (secondary N) is 1. The predicted octanol–water partition coefficient (Wildman–Crippen LogP) is 3.85. The maximum Gasteiger partial charge on any atom is 0.434 e. The number of carbonyl (C=O) groups excluding carboxylic acids is 1. The molecule has 1 aliphatic carbocycles. The first-order valence-electron chi connectivity index (χ1n) is 9.47. The summed E-state index contributed by atoms with van der Waals surface area (Å²) in [5.74, 6) is -1.20. The molecule has 32 heavy (non-hydrogen) atoms. The van der Waals surface area contributed by atoms with Gasteiger partial charge in [-0.3, -0.25) is 9.78 Å². The van der Waals surface area contributed by atoms with Crippen LogP contribution in [0.3, 0.4) is 0 Å². The van der Waals surface area contributed by atoms with Crippen LogP contribution in [0, 0.1) is 0 Å². The maximum atomic E-state index is 13.0. The van der Waals surface area contributed by atoms with Gasteiger partial charge in [0.25, 0.3) is 5.91 Å². The van der Waals surface area contributed by atoms with E-state index in [1.54, 1.807) is 0 Å². The van der Waals surface area contributed by atoms with Crippen LogP contribution in [0.2, 0.25) is 0 Å². The predicted molar refractivity (Wildman–Crippen MR) is 97.7 cm³/mol. The highest BCUT2D eigenvalue weighted by atomic mass is 19.4. The molecule has 0 saturated heterocycles. The van der Waals surface area contributed by atoms with Crippen LogP contribution in [0.25, 0.3) is 5.69 Å². The van der Waals surface area contributed by atoms with Gasteiger partial charge in [-0.05, 0) is 31.4 Å². The molecule has 1 atom stereocenters. The van der Waals surface area contributed by atoms with Crippen LogP contribution >= 0.6 is 0 Å². The summed E-state index contributed by atoms with van der Waals surface area (Å²) < 4.78 is 79.8. The summed E-state index contributed by atoms with van der Waals surface area (Å²) in [5, 5.41) is 6.99. The first kappa shape index (κ1) is 21.8. The zero-order valence-electron chi connectivity index (χ0n) is 16.5. The Labute approximate surface area is 177 Å². The van der Waals surface area contributed by atoms with E-state index < -0.39 is 41.5 Å². The fraction of sp³-hybridized carbons (Fsp3) is 0.368. The van der Waals surface area contributed by atoms with E-state index in [0.29, 0.717) is 30.5 Å². The number of rotatable bonds is 3. The zero-order chi connectivity index (χ0) is 23.3. The molecule has 4 rings (SSSR count). The van der Waals surface area contributed by atoms with Crippen molar-refractivity contribution >= 4 is 5.91 Å². The Morgan fingerprint density at radius 2 is 1.84 bits per heavy atom. The van der Waals surface area contributed by atoms with Gasteiger partial charge in [-0.1, -0.05) is 0 Å². The zero-order valence-corrected chi connectivity index (χ0v) is 16.5. The molecule has 7 nitrogen and oxygen atoms in total. The molecule has 3 aromatic heterocycles. The number of halogens is 6. The van der Waals surface area contributed by atoms with Gasteiger partial charge in [-0.2, -0.15) is 31.4 Å². The lowest BCUT2D eigenvalue weighted by Gasteiger charge is -2.22. The number of pyridine rings is 1. The van der Waals surface area contributed by atoms with Crippen molar-refractivity contribution in [2.75, 3.05) is 0 Å². The van der Waals surface area contributed by atoms with E-state index in [1.807, 2.05) is 0 Å². The van der Waals surface area contributed by atoms with Crippen LogP contribution in [0.4, 0.5) is 26.3 Å². The van der Waals surface area contributed by atoms with Gasteiger partial charge in [-0.15, -0.1) is 0 Å². The second kappa shape index (κ2) is 7.64. The number of alkyl halides is 6. The molecule has 170 valence electrons. The third-order valence-corrected chi connectivity index (χ3v) is 5.08. The summed E-state index contributed by atoms with van der Waals surface area (Å²) in [6.45, 7) is 0. The molecule has 0 aromatic carbocycles. The Morgan fingerprint density at radius 1 is 1.12 bits per heavy atom. The summed E-state index contributed by atoms with van der Waals surface area (Å²) in [4.78, 5) is 19.3. The summed E-state index contributed by atoms with van der Waals surface area (Å²) in [6, 6.07) is 1.65. The third kappa shape index (κ3) is 4.18. The van der Waals surface area contributed by atoms with E-state index in [-0.39, 0.29) is 5.69 Å². The van der Waals surface area contributed by atoms with Gasteiger partial charge < -0.3 is 9.88 Å². The maximum absolute atomic E-state index is 13.0. The van der Waals surface area contributed by atoms with Crippen molar-refractivity contribution in [3.63, 3.8) is 0 Å². The molecular formula is C19H16F6N6O. The number of fused-ring (bicyclic) bond motifs is 1. The molecule has 0 bridgehead atoms. The lowest BCUT2D eigenvalue weighted by atomic mass is 9.93. The third-order valence-electron chi connectivity index (χ3n) is 5.08. The molecule has 0 radical (unpaired) electrons. The van der Waals surface area contributed by atoms with Gasteiger partial charge in [0, 0.05) is 31.2 Å². The van der Waals surface area contributed by atoms with Gasteiger partial charge in [0.05, 0.1) is 17.4 Å². The van der Waals surface area contributed by atoms with Crippen molar-refractivity contribution in [2.45, 2.75) is 37.7 Å². The minimum absolute atomic E-state index is 0.144. The van der Waals surface area contributed by atoms with Crippen molar-refractivity contribution in [1.29, 1.82) is 0 Å². The lowest BCUT2D eigenvalue weighted by molar-refractivity contribution is -0.141. The second-order valence-corrected chi connectivity index (χ2v) is 7.35. The van der Waals surface area contributed by atoms with Crippen molar-refractivity contribution in [3.05, 3.63) is 59.2 Å². The largest absolute Gasteiger partial charge is 0.434 e. The monoisotopic (exact) mass is 458 g/mol. The molecule has 0 aliphatic heterocycles. The average molecular weight is 458 g/mol. The van der Waals surface area contributed by atoms with E-state index >= 15 is 0 Å². The number of aryl methyl sites for hydroxylation is 2. The number of hydrogen-bond acceptors (Lipinski definition) is 4. The second-order valence-electron chi connectivity index (χ2n) is 7.35. The van der Waals surface area contributed by atoms with Gasteiger partial charge in [0.2, 0.25) is 0 Å². The highest BCUT2D eigenvalue weighted by molar-refractivity contribution is 5.91. The molecule has 0 spiro atoms. The molecule has 3 aromatic rings. The number of aromatic nitrogens is 5. The van der Waals surface area contributed by atoms with Gasteiger partial charge in [0.1, 0.15) is 5.69 Å². The number of amides is 1. The fourth-order valence-electron chi connectivity index (χ4n) is 3.57. The van der Waals surface area contributed by atoms with Crippen molar-refractivity contribution < 1.29 is 31.1 Å². The van der Waals surface area contributed by atoms with Crippen LogP contribution in [-0.4, -0.2) is 30.2 Å². The fourth-order valence-corrected chi connectivity index (χ4v) is 3.57. The van der Waals surface area contributed by atoms with Crippen LogP contribution in [0.5, 0.6) is 0 Å². The molecular weight excluding hydrogens is 442 g/mol. The molecule has 1 amide bonds. The normalized spacial score (nSPS) is 16.7. The summed E-state index contributed by atoms with van der Waals surface area (Å²) in [5.41, 5.74) is -0.933. The number of imidazole rings is 1. The smallest absolute Gasteiger partial charge is 0.342 e. The highest BCUT2D eigenvalue weighted by Crippen LogP contribution is 2.32. The van der Waals surface area contributed by atoms with Crippen LogP contribution < -0.4 is 5.32 Å². The molecule has 0 saturated carbocycles. The quantitative estimate of drug-likeness (QED) is 0.605. The van der Waals surface area contributed by atoms with Gasteiger partial charge >= 0.3 is 12.4 Å². The highest BCUT2D eigenvalue weighted by Gasteiger charge is 2.36. The average Bonchev–Trinajstić information content (AvgIpc) is 3.32. The number of carbonyl (C=O) groups is 1. The van der Waals surface area contributed by atoms with Gasteiger partial charge in [0.15, 0.2) is 11.5 Å². The summed E-state index contributed by atoms with van der Waals surface area (Å²) in [6.07, 6.45) is -4.37. The van der Waals surface area contributed by atoms with Crippen molar-refractivity contribution in [3.8, 4) is 5.69 Å². The molecule has 1 unspecified atom stereocenters. The first-order valence-corrected chi connectivity index (χ1v) is 9.47. The molecule has 13 heteroatoms. The standard InChI is InChI=1S/C19H16F6N6O/c1-30-9-15(19(23,24)25)28-16(30)17(32)27-12-3-2-4-13-11(12)8-31(29-13)10-5-6-26-14(7-10)18(20,21)22/h5-9,12H,2-4H2,1H3,(H,27,32). The topological polar surface area (TPSA) is 77.6 Å². The van der Waals surface area contributed by atoms with E-state index in [1.165, 1.54) is 24.0 Å². The molecule has 0 fully saturated rings. The number of hydrogen-bond donors (Lipinski definition) is 1. The minimum atomic E-state index is -4.69. The Kier molecular flexibility index (Phi) is 5.21. The van der Waals surface area contributed by atoms with Crippen LogP contribution in [0.15, 0.2) is 30.7 Å². The van der Waals surface area contributed by atoms with E-state index in [0.717, 1.165) is 23.0 Å². The Balaban J connectivity index is 1.60. The molecule has 3 heterocycles. The summed E-state index contributed by atoms with van der Waals surface area (Å²) in [7, 11) is 1.28. The van der Waals surface area contributed by atoms with Crippen LogP contribution in [-0.2, 0) is 25.8 Å². The van der Waals surface area contributed by atoms with Crippen molar-refractivity contribution in [1.82, 2.24) is 29.6 Å². The summed E-state index contributed by atoms with van der Waals surface area (Å²) >= 11 is 0. The van der Waals surface area contributed by atoms with E-state index in [9.17, 15) is 31.1 Å². The molecule has 1 N–H and O–H groups in total.